The predicted molar refractivity (Wildman–Crippen MR) is 93.9 cm³/mol. The number of amides is 1. The SMILES string of the molecule is CCC(CC)(C(=O)N1CC[C@H](OC(F)F)C1)c1ccc(OC)c(OC)c1. The molecule has 0 bridgehead atoms. The van der Waals surface area contributed by atoms with Crippen molar-refractivity contribution < 1.29 is 27.8 Å². The summed E-state index contributed by atoms with van der Waals surface area (Å²) in [7, 11) is 3.11. The Bertz CT molecular complexity index is 620. The van der Waals surface area contributed by atoms with Crippen LogP contribution in [0, 0.1) is 0 Å². The maximum atomic E-state index is 13.3. The van der Waals surface area contributed by atoms with Crippen LogP contribution in [0.5, 0.6) is 11.5 Å². The summed E-state index contributed by atoms with van der Waals surface area (Å²) in [5, 5.41) is 0. The van der Waals surface area contributed by atoms with Crippen molar-refractivity contribution >= 4 is 5.91 Å². The van der Waals surface area contributed by atoms with Gasteiger partial charge >= 0.3 is 6.61 Å². The van der Waals surface area contributed by atoms with E-state index in [1.165, 1.54) is 0 Å². The number of nitrogens with zero attached hydrogens (tertiary/aromatic N) is 1. The van der Waals surface area contributed by atoms with Gasteiger partial charge in [0.15, 0.2) is 11.5 Å². The number of halogens is 2. The van der Waals surface area contributed by atoms with Crippen molar-refractivity contribution in [2.45, 2.75) is 51.2 Å². The van der Waals surface area contributed by atoms with E-state index in [4.69, 9.17) is 9.47 Å². The fraction of sp³-hybridized carbons (Fsp3) is 0.632. The molecular formula is C19H27F2NO4. The van der Waals surface area contributed by atoms with E-state index in [0.717, 1.165) is 5.56 Å². The van der Waals surface area contributed by atoms with E-state index in [0.29, 0.717) is 37.3 Å². The predicted octanol–water partition coefficient (Wildman–Crippen LogP) is 3.60. The minimum Gasteiger partial charge on any atom is -0.493 e. The molecule has 0 radical (unpaired) electrons. The van der Waals surface area contributed by atoms with Crippen molar-refractivity contribution in [1.29, 1.82) is 0 Å². The van der Waals surface area contributed by atoms with Gasteiger partial charge in [-0.15, -0.1) is 0 Å². The molecule has 2 rings (SSSR count). The maximum Gasteiger partial charge on any atom is 0.345 e. The largest absolute Gasteiger partial charge is 0.493 e. The molecule has 1 fully saturated rings. The molecule has 1 aliphatic rings. The fourth-order valence-corrected chi connectivity index (χ4v) is 3.69. The Morgan fingerprint density at radius 2 is 1.88 bits per heavy atom. The topological polar surface area (TPSA) is 48.0 Å². The molecule has 0 saturated carbocycles. The van der Waals surface area contributed by atoms with Gasteiger partial charge in [0.05, 0.1) is 25.7 Å². The number of hydrogen-bond acceptors (Lipinski definition) is 4. The van der Waals surface area contributed by atoms with E-state index in [2.05, 4.69) is 4.74 Å². The first-order chi connectivity index (χ1) is 12.4. The molecule has 0 aromatic heterocycles. The lowest BCUT2D eigenvalue weighted by Gasteiger charge is -2.35. The first-order valence-corrected chi connectivity index (χ1v) is 8.87. The van der Waals surface area contributed by atoms with Crippen LogP contribution >= 0.6 is 0 Å². The minimum atomic E-state index is -2.82. The number of hydrogen-bond donors (Lipinski definition) is 0. The molecule has 0 aliphatic carbocycles. The first-order valence-electron chi connectivity index (χ1n) is 8.87. The van der Waals surface area contributed by atoms with Gasteiger partial charge < -0.3 is 19.1 Å². The van der Waals surface area contributed by atoms with Crippen molar-refractivity contribution in [3.63, 3.8) is 0 Å². The first kappa shape index (κ1) is 20.4. The second-order valence-electron chi connectivity index (χ2n) is 6.42. The third-order valence-electron chi connectivity index (χ3n) is 5.28. The van der Waals surface area contributed by atoms with Gasteiger partial charge in [-0.3, -0.25) is 4.79 Å². The van der Waals surface area contributed by atoms with Crippen LogP contribution in [0.2, 0.25) is 0 Å². The number of alkyl halides is 2. The van der Waals surface area contributed by atoms with E-state index in [-0.39, 0.29) is 12.5 Å². The summed E-state index contributed by atoms with van der Waals surface area (Å²) < 4.78 is 40.1. The van der Waals surface area contributed by atoms with Gasteiger partial charge in [-0.1, -0.05) is 19.9 Å². The van der Waals surface area contributed by atoms with Gasteiger partial charge in [-0.2, -0.15) is 8.78 Å². The molecule has 26 heavy (non-hydrogen) atoms. The molecule has 1 atom stereocenters. The number of rotatable bonds is 8. The van der Waals surface area contributed by atoms with Crippen LogP contribution in [0.4, 0.5) is 8.78 Å². The number of likely N-dealkylation sites (tertiary alicyclic amines) is 1. The quantitative estimate of drug-likeness (QED) is 0.701. The van der Waals surface area contributed by atoms with Crippen LogP contribution < -0.4 is 9.47 Å². The van der Waals surface area contributed by atoms with Crippen molar-refractivity contribution in [1.82, 2.24) is 4.90 Å². The minimum absolute atomic E-state index is 0.0601. The third-order valence-corrected chi connectivity index (χ3v) is 5.28. The summed E-state index contributed by atoms with van der Waals surface area (Å²) in [6.07, 6.45) is 0.991. The van der Waals surface area contributed by atoms with Crippen LogP contribution in [0.15, 0.2) is 18.2 Å². The average molecular weight is 371 g/mol. The third kappa shape index (κ3) is 3.92. The summed E-state index contributed by atoms with van der Waals surface area (Å²) in [4.78, 5) is 15.0. The number of methoxy groups -OCH3 is 2. The van der Waals surface area contributed by atoms with Crippen molar-refractivity contribution in [3.05, 3.63) is 23.8 Å². The van der Waals surface area contributed by atoms with Crippen LogP contribution in [0.1, 0.15) is 38.7 Å². The van der Waals surface area contributed by atoms with E-state index in [1.807, 2.05) is 26.0 Å². The second-order valence-corrected chi connectivity index (χ2v) is 6.42. The number of ether oxygens (including phenoxy) is 3. The monoisotopic (exact) mass is 371 g/mol. The fourth-order valence-electron chi connectivity index (χ4n) is 3.69. The van der Waals surface area contributed by atoms with Gasteiger partial charge in [0.25, 0.3) is 0 Å². The zero-order valence-corrected chi connectivity index (χ0v) is 15.8. The molecule has 0 N–H and O–H groups in total. The maximum absolute atomic E-state index is 13.3. The molecule has 1 heterocycles. The Hall–Kier alpha value is -1.89. The van der Waals surface area contributed by atoms with Crippen molar-refractivity contribution in [2.75, 3.05) is 27.3 Å². The lowest BCUT2D eigenvalue weighted by Crippen LogP contribution is -2.46. The summed E-state index contributed by atoms with van der Waals surface area (Å²) >= 11 is 0. The number of carbonyl (C=O) groups is 1. The van der Waals surface area contributed by atoms with E-state index < -0.39 is 18.1 Å². The zero-order valence-electron chi connectivity index (χ0n) is 15.8. The van der Waals surface area contributed by atoms with Crippen LogP contribution in [0.3, 0.4) is 0 Å². The highest BCUT2D eigenvalue weighted by Gasteiger charge is 2.42. The molecule has 146 valence electrons. The lowest BCUT2D eigenvalue weighted by molar-refractivity contribution is -0.161. The molecule has 1 saturated heterocycles. The zero-order chi connectivity index (χ0) is 19.3. The van der Waals surface area contributed by atoms with Gasteiger partial charge in [0, 0.05) is 13.1 Å². The van der Waals surface area contributed by atoms with Crippen molar-refractivity contribution in [2.24, 2.45) is 0 Å². The Morgan fingerprint density at radius 1 is 1.23 bits per heavy atom. The molecule has 1 aromatic rings. The van der Waals surface area contributed by atoms with E-state index in [9.17, 15) is 13.6 Å². The van der Waals surface area contributed by atoms with Crippen LogP contribution in [-0.2, 0) is 14.9 Å². The highest BCUT2D eigenvalue weighted by Crippen LogP contribution is 2.39. The second kappa shape index (κ2) is 8.66. The Kier molecular flexibility index (Phi) is 6.81. The van der Waals surface area contributed by atoms with Gasteiger partial charge in [-0.25, -0.2) is 0 Å². The van der Waals surface area contributed by atoms with Gasteiger partial charge in [0.2, 0.25) is 5.91 Å². The molecule has 1 aliphatic heterocycles. The highest BCUT2D eigenvalue weighted by molar-refractivity contribution is 5.88. The Labute approximate surface area is 153 Å². The molecule has 1 aromatic carbocycles. The summed E-state index contributed by atoms with van der Waals surface area (Å²) in [6, 6.07) is 5.48. The van der Waals surface area contributed by atoms with E-state index in [1.54, 1.807) is 25.2 Å². The summed E-state index contributed by atoms with van der Waals surface area (Å²) in [6.45, 7) is 1.72. The standard InChI is InChI=1S/C19H27F2NO4/c1-5-19(6-2,13-7-8-15(24-3)16(11-13)25-4)17(23)22-10-9-14(12-22)26-18(20)21/h7-8,11,14,18H,5-6,9-10,12H2,1-4H3/t14-/m0/s1. The average Bonchev–Trinajstić information content (AvgIpc) is 3.10. The number of carbonyl (C=O) groups excluding carboxylic acids is 1. The molecule has 1 amide bonds. The van der Waals surface area contributed by atoms with Gasteiger partial charge in [0.1, 0.15) is 0 Å². The molecule has 5 nitrogen and oxygen atoms in total. The normalized spacial score (nSPS) is 17.7. The molecule has 0 unspecified atom stereocenters. The molecule has 7 heteroatoms. The van der Waals surface area contributed by atoms with Crippen LogP contribution in [-0.4, -0.2) is 50.8 Å². The summed E-state index contributed by atoms with van der Waals surface area (Å²) in [5.74, 6) is 1.09. The smallest absolute Gasteiger partial charge is 0.345 e. The van der Waals surface area contributed by atoms with Crippen LogP contribution in [0.25, 0.3) is 0 Å². The van der Waals surface area contributed by atoms with Gasteiger partial charge in [-0.05, 0) is 37.0 Å². The number of benzene rings is 1. The molecular weight excluding hydrogens is 344 g/mol. The molecule has 0 spiro atoms. The Morgan fingerprint density at radius 3 is 2.42 bits per heavy atom. The lowest BCUT2D eigenvalue weighted by atomic mass is 9.74. The highest BCUT2D eigenvalue weighted by atomic mass is 19.3. The van der Waals surface area contributed by atoms with E-state index >= 15 is 0 Å². The summed E-state index contributed by atoms with van der Waals surface area (Å²) in [5.41, 5.74) is 0.0996. The Balaban J connectivity index is 2.30. The van der Waals surface area contributed by atoms with Crippen molar-refractivity contribution in [3.8, 4) is 11.5 Å².